The third-order valence-electron chi connectivity index (χ3n) is 3.92. The maximum atomic E-state index is 4.75. The molecule has 17 heavy (non-hydrogen) atoms. The van der Waals surface area contributed by atoms with Crippen LogP contribution in [0.25, 0.3) is 5.65 Å². The van der Waals surface area contributed by atoms with Crippen LogP contribution in [-0.4, -0.2) is 9.38 Å². The Morgan fingerprint density at radius 1 is 1.41 bits per heavy atom. The van der Waals surface area contributed by atoms with Gasteiger partial charge in [0, 0.05) is 11.9 Å². The molecule has 90 valence electrons. The maximum absolute atomic E-state index is 4.75. The van der Waals surface area contributed by atoms with Crippen molar-refractivity contribution in [1.82, 2.24) is 9.38 Å². The summed E-state index contributed by atoms with van der Waals surface area (Å²) >= 11 is 0. The van der Waals surface area contributed by atoms with Crippen LogP contribution in [-0.2, 0) is 12.8 Å². The van der Waals surface area contributed by atoms with E-state index in [1.807, 2.05) is 0 Å². The van der Waals surface area contributed by atoms with Crippen LogP contribution in [0.5, 0.6) is 0 Å². The van der Waals surface area contributed by atoms with Gasteiger partial charge in [-0.1, -0.05) is 25.8 Å². The van der Waals surface area contributed by atoms with Crippen LogP contribution in [0.1, 0.15) is 43.1 Å². The van der Waals surface area contributed by atoms with E-state index >= 15 is 0 Å². The number of rotatable bonds is 2. The van der Waals surface area contributed by atoms with Crippen LogP contribution in [0.4, 0.5) is 0 Å². The molecule has 1 aliphatic carbocycles. The summed E-state index contributed by atoms with van der Waals surface area (Å²) in [5, 5.41) is 0. The first-order valence-electron chi connectivity index (χ1n) is 6.74. The highest BCUT2D eigenvalue weighted by molar-refractivity contribution is 5.45. The molecule has 0 N–H and O–H groups in total. The molecule has 0 aromatic carbocycles. The molecule has 0 bridgehead atoms. The molecular weight excluding hydrogens is 208 g/mol. The van der Waals surface area contributed by atoms with E-state index in [0.29, 0.717) is 0 Å². The Balaban J connectivity index is 2.04. The van der Waals surface area contributed by atoms with Gasteiger partial charge >= 0.3 is 0 Å². The van der Waals surface area contributed by atoms with Crippen LogP contribution < -0.4 is 0 Å². The van der Waals surface area contributed by atoms with E-state index in [-0.39, 0.29) is 0 Å². The minimum absolute atomic E-state index is 0.868. The van der Waals surface area contributed by atoms with Crippen LogP contribution in [0.2, 0.25) is 0 Å². The fourth-order valence-electron chi connectivity index (χ4n) is 3.04. The number of imidazole rings is 1. The van der Waals surface area contributed by atoms with Gasteiger partial charge in [-0.25, -0.2) is 4.98 Å². The van der Waals surface area contributed by atoms with Crippen LogP contribution >= 0.6 is 0 Å². The Morgan fingerprint density at radius 2 is 2.29 bits per heavy atom. The van der Waals surface area contributed by atoms with E-state index in [9.17, 15) is 0 Å². The van der Waals surface area contributed by atoms with Gasteiger partial charge in [0.2, 0.25) is 0 Å². The van der Waals surface area contributed by atoms with Gasteiger partial charge in [0.25, 0.3) is 0 Å². The predicted octanol–water partition coefficient (Wildman–Crippen LogP) is 3.55. The quantitative estimate of drug-likeness (QED) is 0.768. The number of hydrogen-bond acceptors (Lipinski definition) is 1. The fourth-order valence-corrected chi connectivity index (χ4v) is 3.04. The van der Waals surface area contributed by atoms with Crippen molar-refractivity contribution in [3.63, 3.8) is 0 Å². The second-order valence-corrected chi connectivity index (χ2v) is 5.34. The molecular formula is C15H20N2. The Bertz CT molecular complexity index is 539. The number of nitrogens with zero attached hydrogens (tertiary/aromatic N) is 2. The number of pyridine rings is 1. The summed E-state index contributed by atoms with van der Waals surface area (Å²) in [6.07, 6.45) is 8.60. The van der Waals surface area contributed by atoms with Crippen molar-refractivity contribution in [2.45, 2.75) is 46.0 Å². The Kier molecular flexibility index (Phi) is 2.65. The number of aryl methyl sites for hydroxylation is 2. The van der Waals surface area contributed by atoms with Crippen molar-refractivity contribution in [3.05, 3.63) is 35.3 Å². The smallest absolute Gasteiger partial charge is 0.137 e. The first-order chi connectivity index (χ1) is 8.28. The molecule has 2 aromatic heterocycles. The summed E-state index contributed by atoms with van der Waals surface area (Å²) in [7, 11) is 0. The van der Waals surface area contributed by atoms with Gasteiger partial charge in [0.15, 0.2) is 0 Å². The second-order valence-electron chi connectivity index (χ2n) is 5.34. The highest BCUT2D eigenvalue weighted by Crippen LogP contribution is 2.29. The zero-order valence-electron chi connectivity index (χ0n) is 10.7. The summed E-state index contributed by atoms with van der Waals surface area (Å²) in [4.78, 5) is 4.75. The lowest BCUT2D eigenvalue weighted by molar-refractivity contribution is 0.414. The van der Waals surface area contributed by atoms with Gasteiger partial charge in [-0.2, -0.15) is 0 Å². The number of hydrogen-bond donors (Lipinski definition) is 0. The minimum atomic E-state index is 0.868. The molecule has 3 rings (SSSR count). The Hall–Kier alpha value is -1.31. The standard InChI is InChI=1S/C15H20N2/c1-3-4-12-6-7-13-14(9-12)17-10-11(2)5-8-15(17)16-13/h5,8,10,12H,3-4,6-7,9H2,1-2H3. The van der Waals surface area contributed by atoms with Gasteiger partial charge < -0.3 is 4.40 Å². The monoisotopic (exact) mass is 228 g/mol. The van der Waals surface area contributed by atoms with Crippen molar-refractivity contribution in [1.29, 1.82) is 0 Å². The van der Waals surface area contributed by atoms with E-state index in [1.54, 1.807) is 0 Å². The molecule has 1 atom stereocenters. The molecule has 2 aromatic rings. The molecule has 2 nitrogen and oxygen atoms in total. The predicted molar refractivity (Wildman–Crippen MR) is 70.4 cm³/mol. The highest BCUT2D eigenvalue weighted by atomic mass is 15.0. The highest BCUT2D eigenvalue weighted by Gasteiger charge is 2.22. The van der Waals surface area contributed by atoms with E-state index in [4.69, 9.17) is 4.98 Å². The number of aromatic nitrogens is 2. The Labute approximate surface area is 103 Å². The molecule has 0 saturated heterocycles. The van der Waals surface area contributed by atoms with E-state index < -0.39 is 0 Å². The molecule has 2 heteroatoms. The van der Waals surface area contributed by atoms with Gasteiger partial charge in [-0.3, -0.25) is 0 Å². The molecule has 2 heterocycles. The maximum Gasteiger partial charge on any atom is 0.137 e. The van der Waals surface area contributed by atoms with Crippen LogP contribution in [0.3, 0.4) is 0 Å². The van der Waals surface area contributed by atoms with Gasteiger partial charge in [-0.05, 0) is 43.7 Å². The van der Waals surface area contributed by atoms with E-state index in [1.165, 1.54) is 49.1 Å². The van der Waals surface area contributed by atoms with Crippen molar-refractivity contribution >= 4 is 5.65 Å². The fraction of sp³-hybridized carbons (Fsp3) is 0.533. The van der Waals surface area contributed by atoms with Gasteiger partial charge in [0.05, 0.1) is 5.69 Å². The van der Waals surface area contributed by atoms with Gasteiger partial charge in [0.1, 0.15) is 5.65 Å². The lowest BCUT2D eigenvalue weighted by atomic mass is 9.87. The Morgan fingerprint density at radius 3 is 3.12 bits per heavy atom. The summed E-state index contributed by atoms with van der Waals surface area (Å²) in [5.74, 6) is 0.868. The summed E-state index contributed by atoms with van der Waals surface area (Å²) < 4.78 is 2.31. The average Bonchev–Trinajstić information content (AvgIpc) is 2.67. The molecule has 0 amide bonds. The summed E-state index contributed by atoms with van der Waals surface area (Å²) in [6.45, 7) is 4.44. The zero-order valence-corrected chi connectivity index (χ0v) is 10.7. The first kappa shape index (κ1) is 10.8. The van der Waals surface area contributed by atoms with Crippen LogP contribution in [0, 0.1) is 12.8 Å². The normalized spacial score (nSPS) is 19.5. The van der Waals surface area contributed by atoms with Gasteiger partial charge in [-0.15, -0.1) is 0 Å². The van der Waals surface area contributed by atoms with E-state index in [2.05, 4.69) is 36.6 Å². The van der Waals surface area contributed by atoms with E-state index in [0.717, 1.165) is 11.6 Å². The van der Waals surface area contributed by atoms with Crippen molar-refractivity contribution < 1.29 is 0 Å². The van der Waals surface area contributed by atoms with Crippen molar-refractivity contribution in [2.24, 2.45) is 5.92 Å². The molecule has 0 spiro atoms. The number of fused-ring (bicyclic) bond motifs is 3. The molecule has 0 aliphatic heterocycles. The minimum Gasteiger partial charge on any atom is -0.304 e. The second kappa shape index (κ2) is 4.17. The summed E-state index contributed by atoms with van der Waals surface area (Å²) in [6, 6.07) is 4.29. The third kappa shape index (κ3) is 1.86. The molecule has 1 aliphatic rings. The largest absolute Gasteiger partial charge is 0.304 e. The summed E-state index contributed by atoms with van der Waals surface area (Å²) in [5.41, 5.74) is 5.24. The lowest BCUT2D eigenvalue weighted by Crippen LogP contribution is -2.15. The molecule has 0 fully saturated rings. The topological polar surface area (TPSA) is 17.3 Å². The average molecular weight is 228 g/mol. The lowest BCUT2D eigenvalue weighted by Gasteiger charge is -2.21. The zero-order chi connectivity index (χ0) is 11.8. The van der Waals surface area contributed by atoms with Crippen LogP contribution in [0.15, 0.2) is 18.3 Å². The first-order valence-corrected chi connectivity index (χ1v) is 6.74. The molecule has 1 unspecified atom stereocenters. The molecule has 0 radical (unpaired) electrons. The van der Waals surface area contributed by atoms with Crippen molar-refractivity contribution in [2.75, 3.05) is 0 Å². The third-order valence-corrected chi connectivity index (χ3v) is 3.92. The molecule has 0 saturated carbocycles. The van der Waals surface area contributed by atoms with Crippen molar-refractivity contribution in [3.8, 4) is 0 Å². The SMILES string of the molecule is CCCC1CCc2nc3ccc(C)cn3c2C1.